The number of hydrogen-bond donors (Lipinski definition) is 2. The van der Waals surface area contributed by atoms with Crippen LogP contribution in [0.3, 0.4) is 0 Å². The second kappa shape index (κ2) is 10.9. The topological polar surface area (TPSA) is 66.0 Å². The second-order valence-corrected chi connectivity index (χ2v) is 6.39. The summed E-state index contributed by atoms with van der Waals surface area (Å²) in [4.78, 5) is 19.1. The summed E-state index contributed by atoms with van der Waals surface area (Å²) < 4.78 is 5.04. The first kappa shape index (κ1) is 20.3. The van der Waals surface area contributed by atoms with Crippen molar-refractivity contribution in [3.05, 3.63) is 29.3 Å². The lowest BCUT2D eigenvalue weighted by Crippen LogP contribution is -2.43. The Kier molecular flexibility index (Phi) is 9.26. The van der Waals surface area contributed by atoms with E-state index in [2.05, 4.69) is 47.0 Å². The zero-order valence-electron chi connectivity index (χ0n) is 15.2. The van der Waals surface area contributed by atoms with E-state index in [1.54, 1.807) is 37.9 Å². The van der Waals surface area contributed by atoms with Gasteiger partial charge in [-0.25, -0.2) is 4.99 Å². The number of carbonyl (C=O) groups excluding carboxylic acids is 1. The molecular formula is C17H28N4O2S. The summed E-state index contributed by atoms with van der Waals surface area (Å²) in [5.41, 5.74) is 2.40. The molecule has 0 aliphatic heterocycles. The number of amides is 1. The minimum absolute atomic E-state index is 0.00335. The molecule has 6 nitrogen and oxygen atoms in total. The Hall–Kier alpha value is -1.73. The maximum Gasteiger partial charge on any atom is 0.241 e. The fourth-order valence-electron chi connectivity index (χ4n) is 1.91. The number of thioether (sulfide) groups is 1. The van der Waals surface area contributed by atoms with Gasteiger partial charge in [0.25, 0.3) is 0 Å². The molecular weight excluding hydrogens is 324 g/mol. The number of carbonyl (C=O) groups is 1. The lowest BCUT2D eigenvalue weighted by atomic mass is 10.1. The fourth-order valence-corrected chi connectivity index (χ4v) is 2.61. The van der Waals surface area contributed by atoms with Gasteiger partial charge in [-0.3, -0.25) is 4.79 Å². The molecule has 0 saturated heterocycles. The molecule has 0 bridgehead atoms. The summed E-state index contributed by atoms with van der Waals surface area (Å²) >= 11 is 1.71. The van der Waals surface area contributed by atoms with E-state index in [1.165, 1.54) is 16.0 Å². The largest absolute Gasteiger partial charge is 0.383 e. The Labute approximate surface area is 149 Å². The van der Waals surface area contributed by atoms with Crippen molar-refractivity contribution in [3.8, 4) is 0 Å². The number of guanidine groups is 1. The molecule has 0 aromatic heterocycles. The van der Waals surface area contributed by atoms with Crippen LogP contribution in [-0.4, -0.2) is 63.9 Å². The van der Waals surface area contributed by atoms with Crippen LogP contribution < -0.4 is 10.6 Å². The SMILES string of the molecule is COCCNC(=NCc1ccc(C)cc1SC)NCC(=O)N(C)C. The molecule has 0 aliphatic rings. The van der Waals surface area contributed by atoms with Crippen LogP contribution in [0.15, 0.2) is 28.1 Å². The van der Waals surface area contributed by atoms with Gasteiger partial charge in [0.2, 0.25) is 5.91 Å². The van der Waals surface area contributed by atoms with Crippen molar-refractivity contribution < 1.29 is 9.53 Å². The summed E-state index contributed by atoms with van der Waals surface area (Å²) in [5.74, 6) is 0.603. The third kappa shape index (κ3) is 7.23. The minimum Gasteiger partial charge on any atom is -0.383 e. The normalized spacial score (nSPS) is 11.3. The van der Waals surface area contributed by atoms with Crippen molar-refractivity contribution in [2.24, 2.45) is 4.99 Å². The maximum atomic E-state index is 11.7. The second-order valence-electron chi connectivity index (χ2n) is 5.54. The van der Waals surface area contributed by atoms with Crippen molar-refractivity contribution in [1.82, 2.24) is 15.5 Å². The predicted molar refractivity (Wildman–Crippen MR) is 101 cm³/mol. The summed E-state index contributed by atoms with van der Waals surface area (Å²) in [6.07, 6.45) is 2.06. The van der Waals surface area contributed by atoms with Crippen molar-refractivity contribution in [2.75, 3.05) is 47.2 Å². The number of rotatable bonds is 8. The van der Waals surface area contributed by atoms with Gasteiger partial charge in [-0.15, -0.1) is 11.8 Å². The molecule has 7 heteroatoms. The molecule has 0 unspecified atom stereocenters. The van der Waals surface area contributed by atoms with E-state index in [1.807, 2.05) is 0 Å². The van der Waals surface area contributed by atoms with E-state index >= 15 is 0 Å². The minimum atomic E-state index is -0.00335. The molecule has 0 spiro atoms. The summed E-state index contributed by atoms with van der Waals surface area (Å²) in [6, 6.07) is 6.35. The number of hydrogen-bond acceptors (Lipinski definition) is 4. The Balaban J connectivity index is 2.77. The molecule has 1 aromatic carbocycles. The number of benzene rings is 1. The molecule has 0 heterocycles. The predicted octanol–water partition coefficient (Wildman–Crippen LogP) is 1.49. The van der Waals surface area contributed by atoms with Gasteiger partial charge >= 0.3 is 0 Å². The zero-order valence-corrected chi connectivity index (χ0v) is 16.0. The first-order valence-electron chi connectivity index (χ1n) is 7.82. The van der Waals surface area contributed by atoms with Gasteiger partial charge in [-0.1, -0.05) is 12.1 Å². The average molecular weight is 353 g/mol. The number of ether oxygens (including phenoxy) is 1. The fraction of sp³-hybridized carbons (Fsp3) is 0.529. The third-order valence-corrected chi connectivity index (χ3v) is 4.17. The average Bonchev–Trinajstić information content (AvgIpc) is 2.57. The highest BCUT2D eigenvalue weighted by molar-refractivity contribution is 7.98. The number of nitrogens with one attached hydrogen (secondary N) is 2. The lowest BCUT2D eigenvalue weighted by molar-refractivity contribution is -0.127. The van der Waals surface area contributed by atoms with Crippen LogP contribution >= 0.6 is 11.8 Å². The van der Waals surface area contributed by atoms with Crippen LogP contribution in [-0.2, 0) is 16.1 Å². The molecule has 0 radical (unpaired) electrons. The zero-order chi connectivity index (χ0) is 17.9. The Morgan fingerprint density at radius 1 is 1.33 bits per heavy atom. The Morgan fingerprint density at radius 2 is 2.08 bits per heavy atom. The number of likely N-dealkylation sites (N-methyl/N-ethyl adjacent to an activating group) is 1. The van der Waals surface area contributed by atoms with Crippen molar-refractivity contribution in [1.29, 1.82) is 0 Å². The van der Waals surface area contributed by atoms with E-state index in [9.17, 15) is 4.79 Å². The van der Waals surface area contributed by atoms with Crippen LogP contribution in [0.5, 0.6) is 0 Å². The molecule has 0 aliphatic carbocycles. The van der Waals surface area contributed by atoms with E-state index in [4.69, 9.17) is 4.74 Å². The van der Waals surface area contributed by atoms with Gasteiger partial charge in [0.1, 0.15) is 0 Å². The third-order valence-electron chi connectivity index (χ3n) is 3.35. The molecule has 0 atom stereocenters. The molecule has 24 heavy (non-hydrogen) atoms. The molecule has 1 amide bonds. The molecule has 1 aromatic rings. The van der Waals surface area contributed by atoms with Crippen LogP contribution in [0.2, 0.25) is 0 Å². The van der Waals surface area contributed by atoms with Gasteiger partial charge in [0, 0.05) is 32.6 Å². The van der Waals surface area contributed by atoms with Crippen LogP contribution in [0, 0.1) is 6.92 Å². The summed E-state index contributed by atoms with van der Waals surface area (Å²) in [6.45, 7) is 4.04. The number of aryl methyl sites for hydroxylation is 1. The highest BCUT2D eigenvalue weighted by Gasteiger charge is 2.07. The van der Waals surface area contributed by atoms with Crippen LogP contribution in [0.25, 0.3) is 0 Å². The number of nitrogens with zero attached hydrogens (tertiary/aromatic N) is 2. The van der Waals surface area contributed by atoms with Crippen molar-refractivity contribution >= 4 is 23.6 Å². The summed E-state index contributed by atoms with van der Waals surface area (Å²) in [7, 11) is 5.12. The van der Waals surface area contributed by atoms with E-state index in [0.29, 0.717) is 25.7 Å². The number of aliphatic imine (C=N–C) groups is 1. The standard InChI is InChI=1S/C17H28N4O2S/c1-13-6-7-14(15(10-13)24-5)11-19-17(18-8-9-23-4)20-12-16(22)21(2)3/h6-7,10H,8-9,11-12H2,1-5H3,(H2,18,19,20). The monoisotopic (exact) mass is 352 g/mol. The molecule has 1 rings (SSSR count). The Morgan fingerprint density at radius 3 is 2.71 bits per heavy atom. The van der Waals surface area contributed by atoms with Crippen molar-refractivity contribution in [2.45, 2.75) is 18.4 Å². The van der Waals surface area contributed by atoms with Gasteiger partial charge < -0.3 is 20.3 Å². The molecule has 134 valence electrons. The Bertz CT molecular complexity index is 562. The van der Waals surface area contributed by atoms with E-state index in [-0.39, 0.29) is 12.5 Å². The maximum absolute atomic E-state index is 11.7. The smallest absolute Gasteiger partial charge is 0.241 e. The summed E-state index contributed by atoms with van der Waals surface area (Å²) in [5, 5.41) is 6.23. The first-order chi connectivity index (χ1) is 11.5. The van der Waals surface area contributed by atoms with Gasteiger partial charge in [-0.2, -0.15) is 0 Å². The highest BCUT2D eigenvalue weighted by Crippen LogP contribution is 2.22. The van der Waals surface area contributed by atoms with Crippen LogP contribution in [0.4, 0.5) is 0 Å². The molecule has 2 N–H and O–H groups in total. The van der Waals surface area contributed by atoms with Crippen LogP contribution in [0.1, 0.15) is 11.1 Å². The van der Waals surface area contributed by atoms with Crippen molar-refractivity contribution in [3.63, 3.8) is 0 Å². The lowest BCUT2D eigenvalue weighted by Gasteiger charge is -2.15. The van der Waals surface area contributed by atoms with E-state index in [0.717, 1.165) is 0 Å². The highest BCUT2D eigenvalue weighted by atomic mass is 32.2. The quantitative estimate of drug-likeness (QED) is 0.321. The van der Waals surface area contributed by atoms with E-state index < -0.39 is 0 Å². The number of methoxy groups -OCH3 is 1. The van der Waals surface area contributed by atoms with Gasteiger partial charge in [0.15, 0.2) is 5.96 Å². The first-order valence-corrected chi connectivity index (χ1v) is 9.05. The molecule has 0 fully saturated rings. The molecule has 0 saturated carbocycles. The van der Waals surface area contributed by atoms with Gasteiger partial charge in [0.05, 0.1) is 19.7 Å². The van der Waals surface area contributed by atoms with Gasteiger partial charge in [-0.05, 0) is 30.4 Å².